The summed E-state index contributed by atoms with van der Waals surface area (Å²) in [4.78, 5) is 20.1. The maximum absolute atomic E-state index is 11.3. The van der Waals surface area contributed by atoms with Crippen LogP contribution in [0.3, 0.4) is 0 Å². The molecule has 0 bridgehead atoms. The van der Waals surface area contributed by atoms with Crippen LogP contribution in [0, 0.1) is 0 Å². The maximum Gasteiger partial charge on any atom is 0.224 e. The molecular weight excluding hydrogens is 292 g/mol. The number of rotatable bonds is 3. The fourth-order valence-corrected chi connectivity index (χ4v) is 2.84. The van der Waals surface area contributed by atoms with E-state index in [1.165, 1.54) is 0 Å². The van der Waals surface area contributed by atoms with Gasteiger partial charge in [0.1, 0.15) is 11.3 Å². The van der Waals surface area contributed by atoms with Gasteiger partial charge in [0, 0.05) is 31.1 Å². The predicted molar refractivity (Wildman–Crippen MR) is 85.3 cm³/mol. The summed E-state index contributed by atoms with van der Waals surface area (Å²) in [6, 6.07) is 9.79. The summed E-state index contributed by atoms with van der Waals surface area (Å²) in [5.41, 5.74) is 1.73. The van der Waals surface area contributed by atoms with Gasteiger partial charge >= 0.3 is 0 Å². The van der Waals surface area contributed by atoms with E-state index < -0.39 is 0 Å². The highest BCUT2D eigenvalue weighted by molar-refractivity contribution is 5.79. The van der Waals surface area contributed by atoms with Crippen LogP contribution in [0.5, 0.6) is 0 Å². The third kappa shape index (κ3) is 2.77. The molecule has 0 spiro atoms. The van der Waals surface area contributed by atoms with Gasteiger partial charge in [-0.25, -0.2) is 4.98 Å². The fourth-order valence-electron chi connectivity index (χ4n) is 2.84. The Hall–Kier alpha value is -2.83. The van der Waals surface area contributed by atoms with E-state index in [9.17, 15) is 4.79 Å². The molecule has 1 aliphatic rings. The second-order valence-electron chi connectivity index (χ2n) is 5.69. The number of carbonyl (C=O) groups is 1. The Morgan fingerprint density at radius 3 is 2.83 bits per heavy atom. The highest BCUT2D eigenvalue weighted by atomic mass is 16.1. The largest absolute Gasteiger partial charge is 0.351 e. The summed E-state index contributed by atoms with van der Waals surface area (Å²) in [5.74, 6) is 1.57. The Labute approximate surface area is 132 Å². The molecule has 1 saturated carbocycles. The highest BCUT2D eigenvalue weighted by Crippen LogP contribution is 2.19. The lowest BCUT2D eigenvalue weighted by atomic mass is 9.94. The number of nitrogens with one attached hydrogen (secondary N) is 1. The van der Waals surface area contributed by atoms with Crippen LogP contribution >= 0.6 is 0 Å². The molecule has 2 heterocycles. The molecule has 1 aliphatic carbocycles. The molecule has 1 fully saturated rings. The molecule has 116 valence electrons. The van der Waals surface area contributed by atoms with Crippen LogP contribution in [0.1, 0.15) is 25.7 Å². The molecule has 7 heteroatoms. The zero-order chi connectivity index (χ0) is 15.6. The first kappa shape index (κ1) is 13.8. The van der Waals surface area contributed by atoms with Crippen molar-refractivity contribution in [1.82, 2.24) is 25.0 Å². The summed E-state index contributed by atoms with van der Waals surface area (Å²) in [5, 5.41) is 11.6. The third-order valence-corrected chi connectivity index (χ3v) is 4.09. The quantitative estimate of drug-likeness (QED) is 0.798. The van der Waals surface area contributed by atoms with Crippen LogP contribution in [0.15, 0.2) is 36.5 Å². The molecule has 0 saturated heterocycles. The van der Waals surface area contributed by atoms with Gasteiger partial charge < -0.3 is 5.32 Å². The second kappa shape index (κ2) is 5.75. The number of benzene rings is 1. The predicted octanol–water partition coefficient (Wildman–Crippen LogP) is 2.13. The molecule has 0 aliphatic heterocycles. The van der Waals surface area contributed by atoms with Crippen LogP contribution in [-0.4, -0.2) is 36.8 Å². The smallest absolute Gasteiger partial charge is 0.224 e. The standard InChI is InChI=1S/C16H16N6O/c23-12-7-5-11(6-8-12)18-16-17-10-9-15(19-16)22-14-4-2-1-3-13(14)20-21-22/h1-4,9-11H,5-8H2,(H,17,18,19). The van der Waals surface area contributed by atoms with Crippen molar-refractivity contribution < 1.29 is 4.79 Å². The molecule has 4 rings (SSSR count). The number of anilines is 1. The number of nitrogens with zero attached hydrogens (tertiary/aromatic N) is 5. The van der Waals surface area contributed by atoms with E-state index in [2.05, 4.69) is 25.6 Å². The van der Waals surface area contributed by atoms with E-state index >= 15 is 0 Å². The fraction of sp³-hybridized carbons (Fsp3) is 0.312. The van der Waals surface area contributed by atoms with Crippen molar-refractivity contribution >= 4 is 22.8 Å². The Bertz CT molecular complexity index is 848. The molecule has 0 unspecified atom stereocenters. The average Bonchev–Trinajstić information content (AvgIpc) is 3.01. The SMILES string of the molecule is O=C1CCC(Nc2nccc(-n3nnc4ccccc43)n2)CC1. The van der Waals surface area contributed by atoms with Gasteiger partial charge in [0.2, 0.25) is 5.95 Å². The highest BCUT2D eigenvalue weighted by Gasteiger charge is 2.19. The number of hydrogen-bond acceptors (Lipinski definition) is 6. The molecule has 1 aromatic carbocycles. The van der Waals surface area contributed by atoms with Gasteiger partial charge in [-0.05, 0) is 25.0 Å². The van der Waals surface area contributed by atoms with Crippen molar-refractivity contribution in [3.05, 3.63) is 36.5 Å². The Balaban J connectivity index is 1.60. The topological polar surface area (TPSA) is 85.6 Å². The lowest BCUT2D eigenvalue weighted by molar-refractivity contribution is -0.120. The minimum atomic E-state index is 0.246. The van der Waals surface area contributed by atoms with Crippen molar-refractivity contribution in [2.24, 2.45) is 0 Å². The second-order valence-corrected chi connectivity index (χ2v) is 5.69. The van der Waals surface area contributed by atoms with E-state index in [1.807, 2.05) is 24.3 Å². The monoisotopic (exact) mass is 308 g/mol. The molecular formula is C16H16N6O. The Kier molecular flexibility index (Phi) is 3.45. The molecule has 1 N–H and O–H groups in total. The number of ketones is 1. The van der Waals surface area contributed by atoms with Gasteiger partial charge in [0.05, 0.1) is 5.52 Å². The van der Waals surface area contributed by atoms with Crippen molar-refractivity contribution in [2.45, 2.75) is 31.7 Å². The maximum atomic E-state index is 11.3. The van der Waals surface area contributed by atoms with Gasteiger partial charge in [0.15, 0.2) is 5.82 Å². The normalized spacial score (nSPS) is 15.9. The van der Waals surface area contributed by atoms with E-state index in [-0.39, 0.29) is 6.04 Å². The summed E-state index contributed by atoms with van der Waals surface area (Å²) < 4.78 is 1.70. The number of hydrogen-bond donors (Lipinski definition) is 1. The van der Waals surface area contributed by atoms with E-state index in [0.717, 1.165) is 23.9 Å². The van der Waals surface area contributed by atoms with Crippen LogP contribution in [0.25, 0.3) is 16.9 Å². The number of Topliss-reactive ketones (excluding diaryl/α,β-unsaturated/α-hetero) is 1. The zero-order valence-electron chi connectivity index (χ0n) is 12.5. The molecule has 3 aromatic rings. The summed E-state index contributed by atoms with van der Waals surface area (Å²) in [6.45, 7) is 0. The van der Waals surface area contributed by atoms with Gasteiger partial charge in [-0.15, -0.1) is 5.10 Å². The zero-order valence-corrected chi connectivity index (χ0v) is 12.5. The molecule has 2 aromatic heterocycles. The summed E-state index contributed by atoms with van der Waals surface area (Å²) >= 11 is 0. The average molecular weight is 308 g/mol. The van der Waals surface area contributed by atoms with E-state index in [1.54, 1.807) is 16.9 Å². The van der Waals surface area contributed by atoms with Crippen molar-refractivity contribution in [3.8, 4) is 5.82 Å². The molecule has 23 heavy (non-hydrogen) atoms. The lowest BCUT2D eigenvalue weighted by Gasteiger charge is -2.22. The Morgan fingerprint density at radius 1 is 1.13 bits per heavy atom. The van der Waals surface area contributed by atoms with E-state index in [0.29, 0.717) is 30.4 Å². The lowest BCUT2D eigenvalue weighted by Crippen LogP contribution is -2.27. The number of carbonyl (C=O) groups excluding carboxylic acids is 1. The summed E-state index contributed by atoms with van der Waals surface area (Å²) in [6.07, 6.45) is 4.63. The van der Waals surface area contributed by atoms with E-state index in [4.69, 9.17) is 0 Å². The van der Waals surface area contributed by atoms with Crippen molar-refractivity contribution in [3.63, 3.8) is 0 Å². The van der Waals surface area contributed by atoms with Gasteiger partial charge in [-0.1, -0.05) is 17.3 Å². The third-order valence-electron chi connectivity index (χ3n) is 4.09. The van der Waals surface area contributed by atoms with Crippen LogP contribution in [-0.2, 0) is 4.79 Å². The molecule has 0 radical (unpaired) electrons. The van der Waals surface area contributed by atoms with Gasteiger partial charge in [0.25, 0.3) is 0 Å². The van der Waals surface area contributed by atoms with Crippen molar-refractivity contribution in [2.75, 3.05) is 5.32 Å². The van der Waals surface area contributed by atoms with Crippen LogP contribution < -0.4 is 5.32 Å². The molecule has 0 amide bonds. The van der Waals surface area contributed by atoms with Gasteiger partial charge in [-0.3, -0.25) is 4.79 Å². The first-order chi connectivity index (χ1) is 11.3. The van der Waals surface area contributed by atoms with Crippen LogP contribution in [0.4, 0.5) is 5.95 Å². The number of para-hydroxylation sites is 1. The van der Waals surface area contributed by atoms with Crippen molar-refractivity contribution in [1.29, 1.82) is 0 Å². The minimum Gasteiger partial charge on any atom is -0.351 e. The molecule has 7 nitrogen and oxygen atoms in total. The Morgan fingerprint density at radius 2 is 1.96 bits per heavy atom. The number of aromatic nitrogens is 5. The van der Waals surface area contributed by atoms with Crippen LogP contribution in [0.2, 0.25) is 0 Å². The number of fused-ring (bicyclic) bond motifs is 1. The summed E-state index contributed by atoms with van der Waals surface area (Å²) in [7, 11) is 0. The first-order valence-electron chi connectivity index (χ1n) is 7.72. The molecule has 0 atom stereocenters. The minimum absolute atomic E-state index is 0.246. The first-order valence-corrected chi connectivity index (χ1v) is 7.72. The van der Waals surface area contributed by atoms with Gasteiger partial charge in [-0.2, -0.15) is 9.67 Å².